The van der Waals surface area contributed by atoms with E-state index < -0.39 is 0 Å². The van der Waals surface area contributed by atoms with Crippen molar-refractivity contribution in [3.63, 3.8) is 0 Å². The van der Waals surface area contributed by atoms with Crippen molar-refractivity contribution < 1.29 is 14.3 Å². The van der Waals surface area contributed by atoms with E-state index in [1.54, 1.807) is 25.3 Å². The van der Waals surface area contributed by atoms with Crippen molar-refractivity contribution in [2.24, 2.45) is 0 Å². The van der Waals surface area contributed by atoms with Gasteiger partial charge in [0.1, 0.15) is 11.5 Å². The average molecular weight is 330 g/mol. The van der Waals surface area contributed by atoms with Gasteiger partial charge in [-0.2, -0.15) is 0 Å². The van der Waals surface area contributed by atoms with E-state index in [0.29, 0.717) is 17.1 Å². The maximum absolute atomic E-state index is 12.4. The number of anilines is 1. The molecule has 1 amide bonds. The van der Waals surface area contributed by atoms with E-state index in [9.17, 15) is 4.79 Å². The van der Waals surface area contributed by atoms with Crippen LogP contribution in [0, 0.1) is 6.92 Å². The lowest BCUT2D eigenvalue weighted by Crippen LogP contribution is -2.34. The molecule has 5 nitrogen and oxygen atoms in total. The maximum atomic E-state index is 12.4. The van der Waals surface area contributed by atoms with Gasteiger partial charge in [-0.3, -0.25) is 10.1 Å². The summed E-state index contributed by atoms with van der Waals surface area (Å²) < 4.78 is 10.4. The van der Waals surface area contributed by atoms with Gasteiger partial charge in [0.15, 0.2) is 5.11 Å². The summed E-state index contributed by atoms with van der Waals surface area (Å²) in [6, 6.07) is 12.6. The zero-order chi connectivity index (χ0) is 16.8. The van der Waals surface area contributed by atoms with Crippen molar-refractivity contribution in [3.8, 4) is 11.5 Å². The molecule has 2 aromatic rings. The largest absolute Gasteiger partial charge is 0.497 e. The molecule has 0 saturated carbocycles. The number of aryl methyl sites for hydroxylation is 1. The van der Waals surface area contributed by atoms with Gasteiger partial charge in [0, 0.05) is 11.8 Å². The van der Waals surface area contributed by atoms with Crippen LogP contribution in [0.2, 0.25) is 0 Å². The quantitative estimate of drug-likeness (QED) is 0.844. The highest BCUT2D eigenvalue weighted by Gasteiger charge is 2.15. The molecule has 0 aliphatic carbocycles. The molecule has 0 atom stereocenters. The first-order valence-corrected chi connectivity index (χ1v) is 7.36. The lowest BCUT2D eigenvalue weighted by Gasteiger charge is -2.13. The number of methoxy groups -OCH3 is 2. The molecule has 2 N–H and O–H groups in total. The van der Waals surface area contributed by atoms with Crippen molar-refractivity contribution >= 4 is 28.9 Å². The molecule has 23 heavy (non-hydrogen) atoms. The van der Waals surface area contributed by atoms with Crippen LogP contribution in [0.5, 0.6) is 11.5 Å². The Balaban J connectivity index is 2.08. The summed E-state index contributed by atoms with van der Waals surface area (Å²) in [6.07, 6.45) is 0. The number of para-hydroxylation sites is 1. The summed E-state index contributed by atoms with van der Waals surface area (Å²) >= 11 is 5.18. The molecule has 6 heteroatoms. The van der Waals surface area contributed by atoms with Gasteiger partial charge >= 0.3 is 0 Å². The third-order valence-electron chi connectivity index (χ3n) is 3.22. The van der Waals surface area contributed by atoms with Crippen LogP contribution in [0.1, 0.15) is 15.9 Å². The molecule has 0 spiro atoms. The Bertz CT molecular complexity index is 732. The van der Waals surface area contributed by atoms with E-state index in [-0.39, 0.29) is 11.0 Å². The molecule has 2 aromatic carbocycles. The second-order valence-corrected chi connectivity index (χ2v) is 5.20. The summed E-state index contributed by atoms with van der Waals surface area (Å²) in [7, 11) is 3.12. The first-order valence-electron chi connectivity index (χ1n) is 6.95. The third-order valence-corrected chi connectivity index (χ3v) is 3.42. The Hall–Kier alpha value is -2.60. The highest BCUT2D eigenvalue weighted by atomic mass is 32.1. The average Bonchev–Trinajstić information content (AvgIpc) is 2.54. The monoisotopic (exact) mass is 330 g/mol. The molecule has 0 heterocycles. The molecular weight excluding hydrogens is 312 g/mol. The van der Waals surface area contributed by atoms with Gasteiger partial charge in [-0.15, -0.1) is 0 Å². The van der Waals surface area contributed by atoms with Gasteiger partial charge < -0.3 is 14.8 Å². The number of carbonyl (C=O) groups is 1. The first kappa shape index (κ1) is 16.8. The minimum Gasteiger partial charge on any atom is -0.497 e. The van der Waals surface area contributed by atoms with Crippen molar-refractivity contribution in [1.82, 2.24) is 5.32 Å². The van der Waals surface area contributed by atoms with Crippen LogP contribution in [0.4, 0.5) is 5.69 Å². The zero-order valence-corrected chi connectivity index (χ0v) is 14.0. The van der Waals surface area contributed by atoms with Gasteiger partial charge in [-0.05, 0) is 42.9 Å². The minimum atomic E-state index is -0.328. The first-order chi connectivity index (χ1) is 11.0. The van der Waals surface area contributed by atoms with E-state index in [0.717, 1.165) is 11.3 Å². The van der Waals surface area contributed by atoms with Crippen LogP contribution in [-0.2, 0) is 0 Å². The normalized spacial score (nSPS) is 9.87. The van der Waals surface area contributed by atoms with Crippen LogP contribution in [0.15, 0.2) is 42.5 Å². The molecule has 0 aromatic heterocycles. The molecular formula is C17H18N2O3S. The van der Waals surface area contributed by atoms with Crippen LogP contribution < -0.4 is 20.1 Å². The predicted octanol–water partition coefficient (Wildman–Crippen LogP) is 3.14. The molecule has 2 rings (SSSR count). The molecule has 0 saturated heterocycles. The lowest BCUT2D eigenvalue weighted by atomic mass is 10.1. The third kappa shape index (κ3) is 4.20. The number of hydrogen-bond donors (Lipinski definition) is 2. The summed E-state index contributed by atoms with van der Waals surface area (Å²) in [5, 5.41) is 5.79. The molecule has 0 radical (unpaired) electrons. The Labute approximate surface area is 140 Å². The van der Waals surface area contributed by atoms with Crippen molar-refractivity contribution in [2.45, 2.75) is 6.92 Å². The van der Waals surface area contributed by atoms with E-state index in [2.05, 4.69) is 10.6 Å². The minimum absolute atomic E-state index is 0.201. The Morgan fingerprint density at radius 1 is 1.09 bits per heavy atom. The molecule has 0 fully saturated rings. The number of nitrogens with one attached hydrogen (secondary N) is 2. The molecule has 0 unspecified atom stereocenters. The number of rotatable bonds is 4. The number of thiocarbonyl (C=S) groups is 1. The molecule has 0 aliphatic rings. The van der Waals surface area contributed by atoms with Crippen molar-refractivity contribution in [3.05, 3.63) is 53.6 Å². The smallest absolute Gasteiger partial charge is 0.261 e. The standard InChI is InChI=1S/C17H18N2O3S/c1-11-6-4-9-14(15(11)22-3)16(20)19-17(23)18-12-7-5-8-13(10-12)21-2/h4-10H,1-3H3,(H2,18,19,20,23). The van der Waals surface area contributed by atoms with Crippen LogP contribution in [0.3, 0.4) is 0 Å². The SMILES string of the molecule is COc1cccc(NC(=S)NC(=O)c2cccc(C)c2OC)c1. The number of hydrogen-bond acceptors (Lipinski definition) is 4. The Kier molecular flexibility index (Phi) is 5.54. The van der Waals surface area contributed by atoms with Crippen LogP contribution >= 0.6 is 12.2 Å². The van der Waals surface area contributed by atoms with E-state index in [4.69, 9.17) is 21.7 Å². The summed E-state index contributed by atoms with van der Waals surface area (Å²) in [6.45, 7) is 1.88. The summed E-state index contributed by atoms with van der Waals surface area (Å²) in [5.41, 5.74) is 2.04. The van der Waals surface area contributed by atoms with Gasteiger partial charge in [0.25, 0.3) is 5.91 Å². The Morgan fingerprint density at radius 3 is 2.52 bits per heavy atom. The summed E-state index contributed by atoms with van der Waals surface area (Å²) in [5.74, 6) is 0.907. The summed E-state index contributed by atoms with van der Waals surface area (Å²) in [4.78, 5) is 12.4. The van der Waals surface area contributed by atoms with Crippen molar-refractivity contribution in [2.75, 3.05) is 19.5 Å². The fourth-order valence-electron chi connectivity index (χ4n) is 2.14. The molecule has 0 bridgehead atoms. The van der Waals surface area contributed by atoms with Gasteiger partial charge in [-0.25, -0.2) is 0 Å². The van der Waals surface area contributed by atoms with Gasteiger partial charge in [0.05, 0.1) is 19.8 Å². The highest BCUT2D eigenvalue weighted by molar-refractivity contribution is 7.80. The number of amides is 1. The Morgan fingerprint density at radius 2 is 1.83 bits per heavy atom. The van der Waals surface area contributed by atoms with E-state index >= 15 is 0 Å². The maximum Gasteiger partial charge on any atom is 0.261 e. The predicted molar refractivity (Wildman–Crippen MR) is 94.4 cm³/mol. The van der Waals surface area contributed by atoms with Crippen molar-refractivity contribution in [1.29, 1.82) is 0 Å². The zero-order valence-electron chi connectivity index (χ0n) is 13.2. The number of carbonyl (C=O) groups excluding carboxylic acids is 1. The van der Waals surface area contributed by atoms with Gasteiger partial charge in [0.2, 0.25) is 0 Å². The topological polar surface area (TPSA) is 59.6 Å². The van der Waals surface area contributed by atoms with Crippen LogP contribution in [-0.4, -0.2) is 25.2 Å². The number of benzene rings is 2. The fraction of sp³-hybridized carbons (Fsp3) is 0.176. The second-order valence-electron chi connectivity index (χ2n) is 4.80. The number of ether oxygens (including phenoxy) is 2. The second kappa shape index (κ2) is 7.60. The van der Waals surface area contributed by atoms with E-state index in [1.807, 2.05) is 31.2 Å². The highest BCUT2D eigenvalue weighted by Crippen LogP contribution is 2.22. The lowest BCUT2D eigenvalue weighted by molar-refractivity contribution is 0.0974. The van der Waals surface area contributed by atoms with Crippen LogP contribution in [0.25, 0.3) is 0 Å². The molecule has 0 aliphatic heterocycles. The van der Waals surface area contributed by atoms with Gasteiger partial charge in [-0.1, -0.05) is 18.2 Å². The van der Waals surface area contributed by atoms with E-state index in [1.165, 1.54) is 7.11 Å². The fourth-order valence-corrected chi connectivity index (χ4v) is 2.35. The molecule has 120 valence electrons.